The second kappa shape index (κ2) is 9.69. The number of nitrogens with one attached hydrogen (secondary N) is 1. The fourth-order valence-electron chi connectivity index (χ4n) is 3.49. The molecule has 0 spiro atoms. The molecule has 0 aliphatic heterocycles. The average Bonchev–Trinajstić information content (AvgIpc) is 3.32. The van der Waals surface area contributed by atoms with Crippen LogP contribution in [0.1, 0.15) is 44.2 Å². The predicted octanol–water partition coefficient (Wildman–Crippen LogP) is 5.78. The molecule has 176 valence electrons. The van der Waals surface area contributed by atoms with Crippen LogP contribution in [0, 0.1) is 33.5 Å². The van der Waals surface area contributed by atoms with Crippen molar-refractivity contribution < 1.29 is 18.4 Å². The molecule has 1 amide bonds. The number of hydrogen-bond acceptors (Lipinski definition) is 5. The summed E-state index contributed by atoms with van der Waals surface area (Å²) in [6, 6.07) is 11.8. The molecule has 0 unspecified atom stereocenters. The van der Waals surface area contributed by atoms with E-state index in [4.69, 9.17) is 20.9 Å². The molecule has 0 aliphatic carbocycles. The van der Waals surface area contributed by atoms with Gasteiger partial charge < -0.3 is 14.6 Å². The molecule has 0 saturated heterocycles. The third-order valence-corrected chi connectivity index (χ3v) is 6.04. The zero-order valence-corrected chi connectivity index (χ0v) is 20.0. The number of nitrogens with zero attached hydrogens (tertiary/aromatic N) is 3. The second-order valence-electron chi connectivity index (χ2n) is 8.07. The summed E-state index contributed by atoms with van der Waals surface area (Å²) in [4.78, 5) is 12.9. The van der Waals surface area contributed by atoms with Crippen LogP contribution >= 0.6 is 11.6 Å². The van der Waals surface area contributed by atoms with Gasteiger partial charge in [-0.1, -0.05) is 35.0 Å². The van der Waals surface area contributed by atoms with E-state index in [2.05, 4.69) is 15.6 Å². The Labute approximate surface area is 201 Å². The topological polar surface area (TPSA) is 82.2 Å². The molecule has 7 nitrogen and oxygen atoms in total. The minimum absolute atomic E-state index is 0.136. The third-order valence-electron chi connectivity index (χ3n) is 5.68. The van der Waals surface area contributed by atoms with Crippen LogP contribution in [0.25, 0.3) is 0 Å². The number of hydrogen-bond donors (Lipinski definition) is 1. The van der Waals surface area contributed by atoms with Gasteiger partial charge in [0.25, 0.3) is 5.91 Å². The van der Waals surface area contributed by atoms with Gasteiger partial charge in [-0.25, -0.2) is 4.39 Å². The highest BCUT2D eigenvalue weighted by molar-refractivity contribution is 6.31. The van der Waals surface area contributed by atoms with Crippen molar-refractivity contribution in [3.8, 4) is 5.75 Å². The molecule has 4 rings (SSSR count). The van der Waals surface area contributed by atoms with Crippen LogP contribution in [0.15, 0.2) is 47.0 Å². The molecule has 0 bridgehead atoms. The molecule has 4 aromatic rings. The first-order valence-electron chi connectivity index (χ1n) is 10.7. The first kappa shape index (κ1) is 23.5. The van der Waals surface area contributed by atoms with E-state index in [0.717, 1.165) is 22.6 Å². The Hall–Kier alpha value is -3.65. The van der Waals surface area contributed by atoms with Crippen LogP contribution in [0.4, 0.5) is 10.2 Å². The van der Waals surface area contributed by atoms with Crippen molar-refractivity contribution in [1.82, 2.24) is 14.9 Å². The van der Waals surface area contributed by atoms with Gasteiger partial charge in [0.2, 0.25) is 0 Å². The maximum Gasteiger partial charge on any atom is 0.279 e. The van der Waals surface area contributed by atoms with Crippen molar-refractivity contribution in [2.45, 2.75) is 40.8 Å². The van der Waals surface area contributed by atoms with Crippen LogP contribution in [0.5, 0.6) is 5.75 Å². The van der Waals surface area contributed by atoms with Crippen molar-refractivity contribution in [1.29, 1.82) is 0 Å². The lowest BCUT2D eigenvalue weighted by molar-refractivity contribution is 0.101. The highest BCUT2D eigenvalue weighted by Gasteiger charge is 2.22. The minimum atomic E-state index is -0.458. The maximum absolute atomic E-state index is 13.3. The average molecular weight is 483 g/mol. The van der Waals surface area contributed by atoms with Gasteiger partial charge in [-0.3, -0.25) is 9.48 Å². The van der Waals surface area contributed by atoms with Crippen LogP contribution in [-0.4, -0.2) is 20.8 Å². The lowest BCUT2D eigenvalue weighted by atomic mass is 10.1. The van der Waals surface area contributed by atoms with Crippen molar-refractivity contribution in [2.75, 3.05) is 5.32 Å². The predicted molar refractivity (Wildman–Crippen MR) is 127 cm³/mol. The maximum atomic E-state index is 13.3. The zero-order valence-electron chi connectivity index (χ0n) is 19.3. The quantitative estimate of drug-likeness (QED) is 0.361. The summed E-state index contributed by atoms with van der Waals surface area (Å²) >= 11 is 6.13. The van der Waals surface area contributed by atoms with E-state index in [1.807, 2.05) is 39.0 Å². The summed E-state index contributed by atoms with van der Waals surface area (Å²) in [5, 5.41) is 11.4. The molecule has 9 heteroatoms. The van der Waals surface area contributed by atoms with E-state index in [0.29, 0.717) is 34.3 Å². The zero-order chi connectivity index (χ0) is 24.4. The normalized spacial score (nSPS) is 11.0. The first-order valence-corrected chi connectivity index (χ1v) is 11.0. The number of halogens is 2. The van der Waals surface area contributed by atoms with E-state index < -0.39 is 11.7 Å². The summed E-state index contributed by atoms with van der Waals surface area (Å²) in [6.07, 6.45) is 0. The Morgan fingerprint density at radius 1 is 1.18 bits per heavy atom. The summed E-state index contributed by atoms with van der Waals surface area (Å²) in [7, 11) is 0. The Kier molecular flexibility index (Phi) is 6.70. The molecule has 2 aromatic heterocycles. The number of benzene rings is 2. The molecule has 2 heterocycles. The van der Waals surface area contributed by atoms with Crippen molar-refractivity contribution in [2.24, 2.45) is 0 Å². The van der Waals surface area contributed by atoms with E-state index in [-0.39, 0.29) is 12.3 Å². The van der Waals surface area contributed by atoms with Crippen LogP contribution in [0.2, 0.25) is 5.02 Å². The van der Waals surface area contributed by atoms with E-state index in [1.54, 1.807) is 23.7 Å². The van der Waals surface area contributed by atoms with Gasteiger partial charge in [-0.15, -0.1) is 0 Å². The fraction of sp³-hybridized carbons (Fsp3) is 0.240. The number of rotatable bonds is 7. The molecule has 0 aliphatic rings. The van der Waals surface area contributed by atoms with Gasteiger partial charge in [0.05, 0.1) is 12.1 Å². The molecule has 0 radical (unpaired) electrons. The van der Waals surface area contributed by atoms with Crippen molar-refractivity contribution >= 4 is 23.3 Å². The van der Waals surface area contributed by atoms with Gasteiger partial charge in [0, 0.05) is 16.8 Å². The summed E-state index contributed by atoms with van der Waals surface area (Å²) in [5.74, 6) is 0.728. The third kappa shape index (κ3) is 4.97. The van der Waals surface area contributed by atoms with Crippen molar-refractivity contribution in [3.63, 3.8) is 0 Å². The Morgan fingerprint density at radius 2 is 1.97 bits per heavy atom. The molecule has 1 N–H and O–H groups in total. The van der Waals surface area contributed by atoms with Gasteiger partial charge in [0.15, 0.2) is 11.5 Å². The molecule has 0 saturated carbocycles. The van der Waals surface area contributed by atoms with Crippen molar-refractivity contribution in [3.05, 3.63) is 92.7 Å². The molecule has 2 aromatic carbocycles. The SMILES string of the molecule is Cc1cccc(OCc2c(C(=O)Nc3cc(C)n(Cc4ccc(F)cc4Cl)n3)noc2C)c1C. The number of aromatic nitrogens is 3. The molecular weight excluding hydrogens is 459 g/mol. The molecule has 0 atom stereocenters. The largest absolute Gasteiger partial charge is 0.488 e. The van der Waals surface area contributed by atoms with E-state index in [9.17, 15) is 9.18 Å². The summed E-state index contributed by atoms with van der Waals surface area (Å²) in [5.41, 5.74) is 4.36. The van der Waals surface area contributed by atoms with Gasteiger partial charge in [0.1, 0.15) is 23.9 Å². The van der Waals surface area contributed by atoms with Crippen LogP contribution < -0.4 is 10.1 Å². The van der Waals surface area contributed by atoms with Gasteiger partial charge >= 0.3 is 0 Å². The van der Waals surface area contributed by atoms with E-state index in [1.165, 1.54) is 12.1 Å². The lowest BCUT2D eigenvalue weighted by Crippen LogP contribution is -2.16. The van der Waals surface area contributed by atoms with Gasteiger partial charge in [-0.05, 0) is 62.6 Å². The van der Waals surface area contributed by atoms with Crippen LogP contribution in [0.3, 0.4) is 0 Å². The number of ether oxygens (including phenoxy) is 1. The Balaban J connectivity index is 1.48. The minimum Gasteiger partial charge on any atom is -0.488 e. The first-order chi connectivity index (χ1) is 16.2. The number of aryl methyl sites for hydroxylation is 3. The Morgan fingerprint density at radius 3 is 2.74 bits per heavy atom. The lowest BCUT2D eigenvalue weighted by Gasteiger charge is -2.11. The number of carbonyl (C=O) groups excluding carboxylic acids is 1. The van der Waals surface area contributed by atoms with Gasteiger partial charge in [-0.2, -0.15) is 5.10 Å². The van der Waals surface area contributed by atoms with E-state index >= 15 is 0 Å². The number of carbonyl (C=O) groups is 1. The fourth-order valence-corrected chi connectivity index (χ4v) is 3.72. The summed E-state index contributed by atoms with van der Waals surface area (Å²) in [6.45, 7) is 8.05. The van der Waals surface area contributed by atoms with Crippen LogP contribution in [-0.2, 0) is 13.2 Å². The molecule has 34 heavy (non-hydrogen) atoms. The smallest absolute Gasteiger partial charge is 0.279 e. The highest BCUT2D eigenvalue weighted by atomic mass is 35.5. The molecular formula is C25H24ClFN4O3. The second-order valence-corrected chi connectivity index (χ2v) is 8.48. The number of anilines is 1. The highest BCUT2D eigenvalue weighted by Crippen LogP contribution is 2.24. The number of amides is 1. The Bertz CT molecular complexity index is 1360. The summed E-state index contributed by atoms with van der Waals surface area (Å²) < 4.78 is 26.2. The standard InChI is InChI=1S/C25H24ClFN4O3/c1-14-6-5-7-22(16(14)3)33-13-20-17(4)34-30-24(20)25(32)28-23-10-15(2)31(29-23)12-18-8-9-19(27)11-21(18)26/h5-11H,12-13H2,1-4H3,(H,28,29,32). The molecule has 0 fully saturated rings. The monoisotopic (exact) mass is 482 g/mol.